The molecule has 4 nitrogen and oxygen atoms in total. The van der Waals surface area contributed by atoms with Gasteiger partial charge in [-0.15, -0.1) is 11.3 Å². The summed E-state index contributed by atoms with van der Waals surface area (Å²) in [6.07, 6.45) is 2.59. The van der Waals surface area contributed by atoms with Gasteiger partial charge in [0.1, 0.15) is 0 Å². The van der Waals surface area contributed by atoms with Gasteiger partial charge in [0.2, 0.25) is 0 Å². The van der Waals surface area contributed by atoms with E-state index in [0.717, 1.165) is 31.2 Å². The van der Waals surface area contributed by atoms with E-state index in [4.69, 9.17) is 0 Å². The minimum Gasteiger partial charge on any atom is -0.298 e. The number of hydrogen-bond acceptors (Lipinski definition) is 4. The van der Waals surface area contributed by atoms with Crippen molar-refractivity contribution < 1.29 is 4.79 Å². The van der Waals surface area contributed by atoms with Crippen molar-refractivity contribution in [2.45, 2.75) is 26.3 Å². The zero-order chi connectivity index (χ0) is 15.4. The summed E-state index contributed by atoms with van der Waals surface area (Å²) < 4.78 is 0. The molecule has 2 aromatic rings. The summed E-state index contributed by atoms with van der Waals surface area (Å²) in [7, 11) is 0. The molecule has 1 aliphatic heterocycles. The highest BCUT2D eigenvalue weighted by molar-refractivity contribution is 7.13. The molecule has 1 aliphatic rings. The zero-order valence-corrected chi connectivity index (χ0v) is 13.6. The fourth-order valence-electron chi connectivity index (χ4n) is 2.86. The van der Waals surface area contributed by atoms with E-state index >= 15 is 0 Å². The Morgan fingerprint density at radius 3 is 3.00 bits per heavy atom. The average Bonchev–Trinajstić information content (AvgIpc) is 2.95. The molecule has 1 aromatic carbocycles. The molecule has 3 rings (SSSR count). The maximum atomic E-state index is 12.1. The van der Waals surface area contributed by atoms with Crippen molar-refractivity contribution in [3.05, 3.63) is 47.0 Å². The van der Waals surface area contributed by atoms with E-state index in [0.29, 0.717) is 10.7 Å². The Labute approximate surface area is 135 Å². The second-order valence-corrected chi connectivity index (χ2v) is 6.80. The SMILES string of the molecule is C[C@@H]1CCCN(Cc2csc(NC(=O)c3ccccc3)n2)C1. The first-order chi connectivity index (χ1) is 10.7. The van der Waals surface area contributed by atoms with Gasteiger partial charge < -0.3 is 0 Å². The minimum atomic E-state index is -0.104. The monoisotopic (exact) mass is 315 g/mol. The van der Waals surface area contributed by atoms with Gasteiger partial charge >= 0.3 is 0 Å². The van der Waals surface area contributed by atoms with Crippen LogP contribution in [-0.4, -0.2) is 28.9 Å². The normalized spacial score (nSPS) is 19.0. The van der Waals surface area contributed by atoms with E-state index in [1.54, 1.807) is 12.1 Å². The van der Waals surface area contributed by atoms with Crippen molar-refractivity contribution in [1.82, 2.24) is 9.88 Å². The third kappa shape index (κ3) is 3.93. The molecule has 1 saturated heterocycles. The Balaban J connectivity index is 1.58. The van der Waals surface area contributed by atoms with Crippen molar-refractivity contribution in [1.29, 1.82) is 0 Å². The predicted molar refractivity (Wildman–Crippen MR) is 90.2 cm³/mol. The molecule has 0 radical (unpaired) electrons. The number of benzene rings is 1. The van der Waals surface area contributed by atoms with Crippen LogP contribution in [0.5, 0.6) is 0 Å². The van der Waals surface area contributed by atoms with E-state index in [2.05, 4.69) is 22.1 Å². The van der Waals surface area contributed by atoms with Crippen molar-refractivity contribution in [2.75, 3.05) is 18.4 Å². The smallest absolute Gasteiger partial charge is 0.257 e. The van der Waals surface area contributed by atoms with E-state index in [1.807, 2.05) is 23.6 Å². The van der Waals surface area contributed by atoms with Crippen LogP contribution in [0.15, 0.2) is 35.7 Å². The molecule has 22 heavy (non-hydrogen) atoms. The number of anilines is 1. The maximum absolute atomic E-state index is 12.1. The van der Waals surface area contributed by atoms with E-state index < -0.39 is 0 Å². The lowest BCUT2D eigenvalue weighted by Gasteiger charge is -2.30. The van der Waals surface area contributed by atoms with Gasteiger partial charge in [-0.3, -0.25) is 15.0 Å². The Kier molecular flexibility index (Phi) is 4.85. The Bertz CT molecular complexity index is 626. The summed E-state index contributed by atoms with van der Waals surface area (Å²) in [5.41, 5.74) is 1.70. The highest BCUT2D eigenvalue weighted by atomic mass is 32.1. The van der Waals surface area contributed by atoms with Crippen LogP contribution in [-0.2, 0) is 6.54 Å². The number of hydrogen-bond donors (Lipinski definition) is 1. The summed E-state index contributed by atoms with van der Waals surface area (Å²) >= 11 is 1.49. The molecular formula is C17H21N3OS. The van der Waals surface area contributed by atoms with Crippen LogP contribution in [0.4, 0.5) is 5.13 Å². The van der Waals surface area contributed by atoms with Gasteiger partial charge in [0.15, 0.2) is 5.13 Å². The molecule has 1 fully saturated rings. The third-order valence-electron chi connectivity index (χ3n) is 3.93. The largest absolute Gasteiger partial charge is 0.298 e. The summed E-state index contributed by atoms with van der Waals surface area (Å²) in [6.45, 7) is 5.47. The molecule has 1 atom stereocenters. The van der Waals surface area contributed by atoms with Crippen LogP contribution >= 0.6 is 11.3 Å². The van der Waals surface area contributed by atoms with Gasteiger partial charge in [-0.05, 0) is 37.4 Å². The molecule has 5 heteroatoms. The van der Waals surface area contributed by atoms with Crippen molar-refractivity contribution >= 4 is 22.4 Å². The lowest BCUT2D eigenvalue weighted by molar-refractivity contribution is 0.102. The highest BCUT2D eigenvalue weighted by Gasteiger charge is 2.17. The van der Waals surface area contributed by atoms with Gasteiger partial charge in [0.05, 0.1) is 5.69 Å². The molecule has 2 heterocycles. The van der Waals surface area contributed by atoms with Gasteiger partial charge in [-0.25, -0.2) is 4.98 Å². The van der Waals surface area contributed by atoms with Crippen molar-refractivity contribution in [3.63, 3.8) is 0 Å². The van der Waals surface area contributed by atoms with Crippen molar-refractivity contribution in [3.8, 4) is 0 Å². The van der Waals surface area contributed by atoms with Crippen LogP contribution in [0, 0.1) is 5.92 Å². The molecule has 0 spiro atoms. The second kappa shape index (κ2) is 7.03. The number of carbonyl (C=O) groups is 1. The number of nitrogens with zero attached hydrogens (tertiary/aromatic N) is 2. The third-order valence-corrected chi connectivity index (χ3v) is 4.74. The first kappa shape index (κ1) is 15.2. The standard InChI is InChI=1S/C17H21N3OS/c1-13-6-5-9-20(10-13)11-15-12-22-17(18-15)19-16(21)14-7-3-2-4-8-14/h2-4,7-8,12-13H,5-6,9-11H2,1H3,(H,18,19,21)/t13-/m1/s1. The van der Waals surface area contributed by atoms with Gasteiger partial charge in [0.25, 0.3) is 5.91 Å². The van der Waals surface area contributed by atoms with Crippen LogP contribution in [0.3, 0.4) is 0 Å². The number of carbonyl (C=O) groups excluding carboxylic acids is 1. The lowest BCUT2D eigenvalue weighted by atomic mass is 10.0. The predicted octanol–water partition coefficient (Wildman–Crippen LogP) is 3.63. The maximum Gasteiger partial charge on any atom is 0.257 e. The number of thiazole rings is 1. The highest BCUT2D eigenvalue weighted by Crippen LogP contribution is 2.21. The van der Waals surface area contributed by atoms with E-state index in [-0.39, 0.29) is 5.91 Å². The number of amides is 1. The Hall–Kier alpha value is -1.72. The first-order valence-electron chi connectivity index (χ1n) is 7.74. The molecule has 0 bridgehead atoms. The van der Waals surface area contributed by atoms with Crippen LogP contribution in [0.25, 0.3) is 0 Å². The second-order valence-electron chi connectivity index (χ2n) is 5.95. The molecule has 116 valence electrons. The molecule has 0 saturated carbocycles. The van der Waals surface area contributed by atoms with E-state index in [9.17, 15) is 4.79 Å². The number of piperidine rings is 1. The fourth-order valence-corrected chi connectivity index (χ4v) is 3.55. The van der Waals surface area contributed by atoms with Crippen molar-refractivity contribution in [2.24, 2.45) is 5.92 Å². The van der Waals surface area contributed by atoms with Gasteiger partial charge in [0, 0.05) is 24.0 Å². The summed E-state index contributed by atoms with van der Waals surface area (Å²) in [4.78, 5) is 19.1. The molecule has 1 amide bonds. The Morgan fingerprint density at radius 2 is 2.23 bits per heavy atom. The molecule has 1 aromatic heterocycles. The quantitative estimate of drug-likeness (QED) is 0.937. The molecular weight excluding hydrogens is 294 g/mol. The minimum absolute atomic E-state index is 0.104. The topological polar surface area (TPSA) is 45.2 Å². The van der Waals surface area contributed by atoms with Gasteiger partial charge in [-0.1, -0.05) is 25.1 Å². The lowest BCUT2D eigenvalue weighted by Crippen LogP contribution is -2.33. The molecule has 0 aliphatic carbocycles. The van der Waals surface area contributed by atoms with Gasteiger partial charge in [-0.2, -0.15) is 0 Å². The molecule has 0 unspecified atom stereocenters. The van der Waals surface area contributed by atoms with Crippen LogP contribution in [0.1, 0.15) is 35.8 Å². The first-order valence-corrected chi connectivity index (χ1v) is 8.62. The van der Waals surface area contributed by atoms with Crippen LogP contribution < -0.4 is 5.32 Å². The summed E-state index contributed by atoms with van der Waals surface area (Å²) in [5.74, 6) is 0.665. The zero-order valence-electron chi connectivity index (χ0n) is 12.8. The Morgan fingerprint density at radius 1 is 1.41 bits per heavy atom. The average molecular weight is 315 g/mol. The number of aromatic nitrogens is 1. The number of likely N-dealkylation sites (tertiary alicyclic amines) is 1. The summed E-state index contributed by atoms with van der Waals surface area (Å²) in [5, 5.41) is 5.59. The molecule has 1 N–H and O–H groups in total. The summed E-state index contributed by atoms with van der Waals surface area (Å²) in [6, 6.07) is 9.23. The number of nitrogens with one attached hydrogen (secondary N) is 1. The number of rotatable bonds is 4. The van der Waals surface area contributed by atoms with Crippen LogP contribution in [0.2, 0.25) is 0 Å². The fraction of sp³-hybridized carbons (Fsp3) is 0.412. The van der Waals surface area contributed by atoms with E-state index in [1.165, 1.54) is 24.2 Å².